The van der Waals surface area contributed by atoms with E-state index in [4.69, 9.17) is 15.8 Å². The lowest BCUT2D eigenvalue weighted by Crippen LogP contribution is -2.09. The van der Waals surface area contributed by atoms with Crippen LogP contribution in [0.5, 0.6) is 0 Å². The van der Waals surface area contributed by atoms with Crippen molar-refractivity contribution in [3.05, 3.63) is 74.2 Å². The van der Waals surface area contributed by atoms with Crippen LogP contribution in [0.1, 0.15) is 0 Å². The average molecular weight is 383 g/mol. The van der Waals surface area contributed by atoms with E-state index in [-0.39, 0.29) is 11.2 Å². The van der Waals surface area contributed by atoms with Crippen molar-refractivity contribution in [3.63, 3.8) is 0 Å². The highest BCUT2D eigenvalue weighted by Crippen LogP contribution is 2.33. The van der Waals surface area contributed by atoms with E-state index < -0.39 is 21.9 Å². The molecule has 2 N–H and O–H groups in total. The lowest BCUT2D eigenvalue weighted by Gasteiger charge is -2.09. The molecular weight excluding hydrogens is 374 g/mol. The van der Waals surface area contributed by atoms with Crippen LogP contribution >= 0.6 is 0 Å². The van der Waals surface area contributed by atoms with Crippen molar-refractivity contribution in [1.29, 1.82) is 15.8 Å². The number of nitro benzene ring substituents is 1. The number of anilines is 1. The van der Waals surface area contributed by atoms with Gasteiger partial charge in [0, 0.05) is 17.0 Å². The molecule has 0 fully saturated rings. The Labute approximate surface area is 162 Å². The minimum absolute atomic E-state index is 0.0768. The lowest BCUT2D eigenvalue weighted by molar-refractivity contribution is -0.383. The highest BCUT2D eigenvalue weighted by molar-refractivity contribution is 5.94. The number of fused-ring (bicyclic) bond motifs is 1. The number of nitrogens with zero attached hydrogens (tertiary/aromatic N) is 5. The summed E-state index contributed by atoms with van der Waals surface area (Å²) < 4.78 is 0. The molecule has 138 valence electrons. The van der Waals surface area contributed by atoms with Gasteiger partial charge in [-0.25, -0.2) is 5.10 Å². The normalized spacial score (nSPS) is 9.69. The van der Waals surface area contributed by atoms with E-state index in [0.29, 0.717) is 22.0 Å². The molecule has 10 nitrogen and oxygen atoms in total. The molecule has 3 rings (SSSR count). The second-order valence-corrected chi connectivity index (χ2v) is 5.65. The summed E-state index contributed by atoms with van der Waals surface area (Å²) in [6.45, 7) is 0. The monoisotopic (exact) mass is 383 g/mol. The third-order valence-electron chi connectivity index (χ3n) is 4.01. The van der Waals surface area contributed by atoms with Gasteiger partial charge in [-0.15, -0.1) is 0 Å². The van der Waals surface area contributed by atoms with Crippen molar-refractivity contribution in [2.45, 2.75) is 0 Å². The van der Waals surface area contributed by atoms with Crippen molar-refractivity contribution < 1.29 is 4.92 Å². The van der Waals surface area contributed by atoms with Gasteiger partial charge in [0.2, 0.25) is 0 Å². The van der Waals surface area contributed by atoms with Crippen molar-refractivity contribution in [2.75, 3.05) is 5.32 Å². The fourth-order valence-corrected chi connectivity index (χ4v) is 2.69. The van der Waals surface area contributed by atoms with E-state index in [1.807, 2.05) is 0 Å². The minimum atomic E-state index is -0.673. The Morgan fingerprint density at radius 1 is 1.07 bits per heavy atom. The lowest BCUT2D eigenvalue weighted by atomic mass is 10.0. The molecule has 0 amide bonds. The molecule has 0 aliphatic rings. The van der Waals surface area contributed by atoms with Crippen LogP contribution in [0.4, 0.5) is 11.4 Å². The van der Waals surface area contributed by atoms with Gasteiger partial charge >= 0.3 is 0 Å². The maximum atomic E-state index is 11.9. The molecule has 0 aliphatic heterocycles. The van der Waals surface area contributed by atoms with Crippen LogP contribution in [0.15, 0.2) is 58.5 Å². The van der Waals surface area contributed by atoms with E-state index in [2.05, 4.69) is 15.5 Å². The number of rotatable bonds is 4. The fourth-order valence-electron chi connectivity index (χ4n) is 2.69. The zero-order chi connectivity index (χ0) is 21.0. The Bertz CT molecular complexity index is 1350. The predicted molar refractivity (Wildman–Crippen MR) is 102 cm³/mol. The zero-order valence-electron chi connectivity index (χ0n) is 14.5. The number of allylic oxidation sites excluding steroid dienone is 2. The standard InChI is InChI=1S/C19H9N7O3/c20-8-12(9-21)16(10-22)23-15-6-5-11(7-17(15)26(28)29)18-13-3-1-2-4-14(13)19(27)25-24-18/h1-7,23H,(H,25,27). The van der Waals surface area contributed by atoms with Gasteiger partial charge < -0.3 is 5.32 Å². The smallest absolute Gasteiger partial charge is 0.293 e. The first-order valence-corrected chi connectivity index (χ1v) is 7.98. The second-order valence-electron chi connectivity index (χ2n) is 5.65. The first-order chi connectivity index (χ1) is 14.0. The largest absolute Gasteiger partial charge is 0.340 e. The maximum Gasteiger partial charge on any atom is 0.293 e. The van der Waals surface area contributed by atoms with Crippen molar-refractivity contribution in [1.82, 2.24) is 10.2 Å². The van der Waals surface area contributed by atoms with Crippen LogP contribution in [0.2, 0.25) is 0 Å². The van der Waals surface area contributed by atoms with Gasteiger partial charge in [0.05, 0.1) is 16.0 Å². The number of H-pyrrole nitrogens is 1. The summed E-state index contributed by atoms with van der Waals surface area (Å²) in [6, 6.07) is 15.5. The molecule has 0 saturated heterocycles. The van der Waals surface area contributed by atoms with Crippen LogP contribution < -0.4 is 10.9 Å². The molecule has 1 aromatic heterocycles. The Kier molecular flexibility index (Phi) is 4.99. The predicted octanol–water partition coefficient (Wildman–Crippen LogP) is 2.74. The van der Waals surface area contributed by atoms with Gasteiger partial charge in [-0.2, -0.15) is 20.9 Å². The Morgan fingerprint density at radius 3 is 2.38 bits per heavy atom. The zero-order valence-corrected chi connectivity index (χ0v) is 14.5. The molecule has 29 heavy (non-hydrogen) atoms. The van der Waals surface area contributed by atoms with Gasteiger partial charge in [0.1, 0.15) is 29.6 Å². The van der Waals surface area contributed by atoms with Crippen molar-refractivity contribution in [3.8, 4) is 29.5 Å². The summed E-state index contributed by atoms with van der Waals surface area (Å²) in [5.41, 5.74) is -1.08. The molecule has 0 saturated carbocycles. The SMILES string of the molecule is N#CC(C#N)=C(C#N)Nc1ccc(-c2n[nH]c(=O)c3ccccc23)cc1[N+](=O)[O-]. The van der Waals surface area contributed by atoms with Crippen LogP contribution in [0.25, 0.3) is 22.0 Å². The quantitative estimate of drug-likeness (QED) is 0.393. The minimum Gasteiger partial charge on any atom is -0.340 e. The number of hydrogen-bond acceptors (Lipinski definition) is 8. The number of hydrogen-bond donors (Lipinski definition) is 2. The van der Waals surface area contributed by atoms with E-state index in [1.54, 1.807) is 42.5 Å². The van der Waals surface area contributed by atoms with E-state index in [0.717, 1.165) is 0 Å². The number of nitriles is 3. The van der Waals surface area contributed by atoms with E-state index >= 15 is 0 Å². The Balaban J connectivity index is 2.18. The van der Waals surface area contributed by atoms with E-state index in [9.17, 15) is 14.9 Å². The topological polar surface area (TPSA) is 172 Å². The first-order valence-electron chi connectivity index (χ1n) is 7.98. The molecule has 0 bridgehead atoms. The van der Waals surface area contributed by atoms with Gasteiger partial charge in [0.15, 0.2) is 5.57 Å². The average Bonchev–Trinajstić information content (AvgIpc) is 2.74. The van der Waals surface area contributed by atoms with Gasteiger partial charge in [-0.1, -0.05) is 24.3 Å². The molecule has 0 atom stereocenters. The Morgan fingerprint density at radius 2 is 1.76 bits per heavy atom. The number of nitro groups is 1. The van der Waals surface area contributed by atoms with Crippen LogP contribution in [-0.2, 0) is 0 Å². The third kappa shape index (κ3) is 3.47. The summed E-state index contributed by atoms with van der Waals surface area (Å²) in [5, 5.41) is 48.2. The highest BCUT2D eigenvalue weighted by Gasteiger charge is 2.19. The summed E-state index contributed by atoms with van der Waals surface area (Å²) in [6.07, 6.45) is 0. The number of benzene rings is 2. The molecule has 0 radical (unpaired) electrons. The summed E-state index contributed by atoms with van der Waals surface area (Å²) in [7, 11) is 0. The van der Waals surface area contributed by atoms with Gasteiger partial charge in [-0.05, 0) is 12.1 Å². The summed E-state index contributed by atoms with van der Waals surface area (Å²) in [4.78, 5) is 22.8. The van der Waals surface area contributed by atoms with Gasteiger partial charge in [0.25, 0.3) is 11.2 Å². The molecule has 10 heteroatoms. The molecule has 3 aromatic rings. The van der Waals surface area contributed by atoms with Gasteiger partial charge in [-0.3, -0.25) is 14.9 Å². The number of aromatic nitrogens is 2. The fraction of sp³-hybridized carbons (Fsp3) is 0. The summed E-state index contributed by atoms with van der Waals surface area (Å²) in [5.74, 6) is 0. The Hall–Kier alpha value is -5.01. The summed E-state index contributed by atoms with van der Waals surface area (Å²) >= 11 is 0. The molecule has 0 unspecified atom stereocenters. The van der Waals surface area contributed by atoms with Crippen LogP contribution in [-0.4, -0.2) is 15.1 Å². The maximum absolute atomic E-state index is 11.9. The van der Waals surface area contributed by atoms with Crippen molar-refractivity contribution >= 4 is 22.1 Å². The molecule has 2 aromatic carbocycles. The highest BCUT2D eigenvalue weighted by atomic mass is 16.6. The third-order valence-corrected chi connectivity index (χ3v) is 4.01. The number of aromatic amines is 1. The molecule has 0 spiro atoms. The number of nitrogens with one attached hydrogen (secondary N) is 2. The van der Waals surface area contributed by atoms with Crippen molar-refractivity contribution in [2.24, 2.45) is 0 Å². The first kappa shape index (κ1) is 18.8. The molecule has 1 heterocycles. The van der Waals surface area contributed by atoms with Crippen LogP contribution in [0.3, 0.4) is 0 Å². The van der Waals surface area contributed by atoms with Crippen LogP contribution in [0, 0.1) is 44.1 Å². The molecule has 0 aliphatic carbocycles. The van der Waals surface area contributed by atoms with E-state index in [1.165, 1.54) is 18.2 Å². The molecular formula is C19H9N7O3. The second kappa shape index (κ2) is 7.70.